The van der Waals surface area contributed by atoms with Crippen LogP contribution in [0.4, 0.5) is 10.6 Å². The van der Waals surface area contributed by atoms with E-state index in [-0.39, 0.29) is 12.6 Å². The van der Waals surface area contributed by atoms with Crippen molar-refractivity contribution in [3.8, 4) is 11.3 Å². The minimum absolute atomic E-state index is 0.0115. The first-order valence-electron chi connectivity index (χ1n) is 7.98. The van der Waals surface area contributed by atoms with Gasteiger partial charge in [-0.05, 0) is 16.7 Å². The normalized spacial score (nSPS) is 10.5. The molecular formula is C19H20N4O2. The highest BCUT2D eigenvalue weighted by molar-refractivity contribution is 5.88. The minimum Gasteiger partial charge on any atom is -0.392 e. The zero-order valence-corrected chi connectivity index (χ0v) is 13.9. The van der Waals surface area contributed by atoms with Gasteiger partial charge in [-0.25, -0.2) is 4.79 Å². The Morgan fingerprint density at radius 2 is 1.76 bits per heavy atom. The molecule has 1 aromatic heterocycles. The van der Waals surface area contributed by atoms with Crippen molar-refractivity contribution >= 4 is 11.8 Å². The minimum atomic E-state index is -0.316. The fourth-order valence-corrected chi connectivity index (χ4v) is 2.51. The zero-order valence-electron chi connectivity index (χ0n) is 13.9. The van der Waals surface area contributed by atoms with Crippen molar-refractivity contribution in [2.45, 2.75) is 13.2 Å². The molecule has 0 aliphatic heterocycles. The molecule has 0 spiro atoms. The molecule has 3 aromatic rings. The molecule has 128 valence electrons. The summed E-state index contributed by atoms with van der Waals surface area (Å²) < 4.78 is 1.73. The van der Waals surface area contributed by atoms with Gasteiger partial charge in [0, 0.05) is 19.7 Å². The van der Waals surface area contributed by atoms with E-state index in [2.05, 4.69) is 15.7 Å². The second kappa shape index (κ2) is 7.63. The van der Waals surface area contributed by atoms with Crippen molar-refractivity contribution in [3.63, 3.8) is 0 Å². The number of amides is 2. The summed E-state index contributed by atoms with van der Waals surface area (Å²) in [6.45, 7) is 0.410. The summed E-state index contributed by atoms with van der Waals surface area (Å²) >= 11 is 0. The summed E-state index contributed by atoms with van der Waals surface area (Å²) in [6, 6.07) is 18.8. The summed E-state index contributed by atoms with van der Waals surface area (Å²) in [5.41, 5.74) is 3.76. The maximum absolute atomic E-state index is 12.1. The summed E-state index contributed by atoms with van der Waals surface area (Å²) in [7, 11) is 1.84. The fraction of sp³-hybridized carbons (Fsp3) is 0.158. The smallest absolute Gasteiger partial charge is 0.320 e. The third kappa shape index (κ3) is 4.24. The lowest BCUT2D eigenvalue weighted by molar-refractivity contribution is 0.251. The van der Waals surface area contributed by atoms with Crippen molar-refractivity contribution in [2.24, 2.45) is 7.05 Å². The van der Waals surface area contributed by atoms with Gasteiger partial charge < -0.3 is 10.4 Å². The number of aliphatic hydroxyl groups is 1. The van der Waals surface area contributed by atoms with E-state index in [9.17, 15) is 4.79 Å². The molecule has 0 aliphatic carbocycles. The molecule has 3 rings (SSSR count). The number of nitrogens with zero attached hydrogens (tertiary/aromatic N) is 2. The number of hydrogen-bond donors (Lipinski definition) is 3. The third-order valence-corrected chi connectivity index (χ3v) is 3.85. The van der Waals surface area contributed by atoms with Crippen LogP contribution >= 0.6 is 0 Å². The number of aryl methyl sites for hydroxylation is 1. The van der Waals surface area contributed by atoms with Gasteiger partial charge in [0.2, 0.25) is 0 Å². The lowest BCUT2D eigenvalue weighted by Gasteiger charge is -2.06. The predicted molar refractivity (Wildman–Crippen MR) is 96.9 cm³/mol. The van der Waals surface area contributed by atoms with Gasteiger partial charge in [0.25, 0.3) is 0 Å². The molecule has 0 fully saturated rings. The molecule has 0 saturated heterocycles. The number of rotatable bonds is 5. The summed E-state index contributed by atoms with van der Waals surface area (Å²) in [6.07, 6.45) is 0. The lowest BCUT2D eigenvalue weighted by atomic mass is 10.1. The Labute approximate surface area is 146 Å². The van der Waals surface area contributed by atoms with Crippen LogP contribution in [-0.2, 0) is 20.2 Å². The number of urea groups is 1. The predicted octanol–water partition coefficient (Wildman–Crippen LogP) is 2.90. The molecule has 0 saturated carbocycles. The van der Waals surface area contributed by atoms with E-state index >= 15 is 0 Å². The van der Waals surface area contributed by atoms with Crippen molar-refractivity contribution in [3.05, 3.63) is 71.8 Å². The van der Waals surface area contributed by atoms with Gasteiger partial charge in [0.1, 0.15) is 0 Å². The largest absolute Gasteiger partial charge is 0.392 e. The highest BCUT2D eigenvalue weighted by Crippen LogP contribution is 2.21. The van der Waals surface area contributed by atoms with Crippen LogP contribution in [0.2, 0.25) is 0 Å². The van der Waals surface area contributed by atoms with Gasteiger partial charge in [-0.15, -0.1) is 0 Å². The molecule has 6 nitrogen and oxygen atoms in total. The van der Waals surface area contributed by atoms with Gasteiger partial charge >= 0.3 is 6.03 Å². The first-order chi connectivity index (χ1) is 12.2. The molecule has 1 heterocycles. The third-order valence-electron chi connectivity index (χ3n) is 3.85. The number of aromatic nitrogens is 2. The molecule has 0 bridgehead atoms. The molecule has 2 amide bonds. The number of aliphatic hydroxyl groups excluding tert-OH is 1. The number of hydrogen-bond acceptors (Lipinski definition) is 3. The molecule has 3 N–H and O–H groups in total. The highest BCUT2D eigenvalue weighted by Gasteiger charge is 2.09. The number of anilines is 1. The highest BCUT2D eigenvalue weighted by atomic mass is 16.3. The van der Waals surface area contributed by atoms with Crippen LogP contribution in [0.15, 0.2) is 60.7 Å². The van der Waals surface area contributed by atoms with Crippen LogP contribution < -0.4 is 10.6 Å². The Bertz CT molecular complexity index is 842. The lowest BCUT2D eigenvalue weighted by Crippen LogP contribution is -2.28. The number of nitrogens with one attached hydrogen (secondary N) is 2. The zero-order chi connectivity index (χ0) is 17.6. The molecule has 0 aliphatic rings. The van der Waals surface area contributed by atoms with Crippen molar-refractivity contribution in [2.75, 3.05) is 5.32 Å². The Kier molecular flexibility index (Phi) is 5.11. The monoisotopic (exact) mass is 336 g/mol. The van der Waals surface area contributed by atoms with Crippen molar-refractivity contribution in [1.29, 1.82) is 0 Å². The maximum Gasteiger partial charge on any atom is 0.320 e. The van der Waals surface area contributed by atoms with Crippen LogP contribution in [0, 0.1) is 0 Å². The van der Waals surface area contributed by atoms with E-state index in [1.165, 1.54) is 0 Å². The first-order valence-corrected chi connectivity index (χ1v) is 7.98. The van der Waals surface area contributed by atoms with Crippen LogP contribution in [0.1, 0.15) is 11.1 Å². The Morgan fingerprint density at radius 3 is 2.44 bits per heavy atom. The van der Waals surface area contributed by atoms with E-state index in [0.717, 1.165) is 22.4 Å². The molecule has 25 heavy (non-hydrogen) atoms. The SMILES string of the molecule is Cn1nc(NC(=O)NCc2ccc(CO)cc2)cc1-c1ccccc1. The van der Waals surface area contributed by atoms with Crippen LogP contribution in [-0.4, -0.2) is 20.9 Å². The molecule has 0 atom stereocenters. The Hall–Kier alpha value is -3.12. The quantitative estimate of drug-likeness (QED) is 0.670. The molecule has 0 radical (unpaired) electrons. The standard InChI is InChI=1S/C19H20N4O2/c1-23-17(16-5-3-2-4-6-16)11-18(22-23)21-19(25)20-12-14-7-9-15(13-24)10-8-14/h2-11,24H,12-13H2,1H3,(H2,20,21,22,25). The van der Waals surface area contributed by atoms with Crippen LogP contribution in [0.25, 0.3) is 11.3 Å². The van der Waals surface area contributed by atoms with E-state index in [4.69, 9.17) is 5.11 Å². The van der Waals surface area contributed by atoms with Gasteiger partial charge in [0.05, 0.1) is 12.3 Å². The number of benzene rings is 2. The molecule has 2 aromatic carbocycles. The summed E-state index contributed by atoms with van der Waals surface area (Å²) in [4.78, 5) is 12.1. The Balaban J connectivity index is 1.59. The summed E-state index contributed by atoms with van der Waals surface area (Å²) in [5.74, 6) is 0.495. The fourth-order valence-electron chi connectivity index (χ4n) is 2.51. The second-order valence-corrected chi connectivity index (χ2v) is 5.69. The second-order valence-electron chi connectivity index (χ2n) is 5.69. The van der Waals surface area contributed by atoms with E-state index in [1.807, 2.05) is 67.7 Å². The van der Waals surface area contributed by atoms with Gasteiger partial charge in [-0.3, -0.25) is 10.00 Å². The van der Waals surface area contributed by atoms with Crippen molar-refractivity contribution in [1.82, 2.24) is 15.1 Å². The van der Waals surface area contributed by atoms with Crippen molar-refractivity contribution < 1.29 is 9.90 Å². The molecule has 0 unspecified atom stereocenters. The van der Waals surface area contributed by atoms with Gasteiger partial charge in [0.15, 0.2) is 5.82 Å². The van der Waals surface area contributed by atoms with E-state index in [1.54, 1.807) is 4.68 Å². The number of carbonyl (C=O) groups excluding carboxylic acids is 1. The number of carbonyl (C=O) groups is 1. The topological polar surface area (TPSA) is 79.2 Å². The first kappa shape index (κ1) is 16.7. The van der Waals surface area contributed by atoms with Gasteiger partial charge in [-0.2, -0.15) is 5.10 Å². The Morgan fingerprint density at radius 1 is 1.08 bits per heavy atom. The van der Waals surface area contributed by atoms with Gasteiger partial charge in [-0.1, -0.05) is 54.6 Å². The maximum atomic E-state index is 12.1. The molecule has 6 heteroatoms. The van der Waals surface area contributed by atoms with Crippen LogP contribution in [0.5, 0.6) is 0 Å². The average Bonchev–Trinajstić information content (AvgIpc) is 3.01. The average molecular weight is 336 g/mol. The van der Waals surface area contributed by atoms with Crippen LogP contribution in [0.3, 0.4) is 0 Å². The van der Waals surface area contributed by atoms with E-state index in [0.29, 0.717) is 12.4 Å². The molecular weight excluding hydrogens is 316 g/mol. The summed E-state index contributed by atoms with van der Waals surface area (Å²) in [5, 5.41) is 18.9. The van der Waals surface area contributed by atoms with E-state index < -0.39 is 0 Å².